The summed E-state index contributed by atoms with van der Waals surface area (Å²) >= 11 is 6.64. The van der Waals surface area contributed by atoms with Crippen molar-refractivity contribution in [3.8, 4) is 0 Å². The fraction of sp³-hybridized carbons (Fsp3) is 0.242. The lowest BCUT2D eigenvalue weighted by Gasteiger charge is -2.43. The van der Waals surface area contributed by atoms with Gasteiger partial charge in [0.1, 0.15) is 11.0 Å². The molecule has 0 bridgehead atoms. The highest BCUT2D eigenvalue weighted by atomic mass is 35.5. The predicted octanol–water partition coefficient (Wildman–Crippen LogP) is 5.82. The van der Waals surface area contributed by atoms with Crippen molar-refractivity contribution in [2.75, 3.05) is 17.2 Å². The van der Waals surface area contributed by atoms with Crippen LogP contribution in [0, 0.1) is 12.8 Å². The van der Waals surface area contributed by atoms with Crippen LogP contribution in [0.4, 0.5) is 11.4 Å². The van der Waals surface area contributed by atoms with Crippen LogP contribution in [0.15, 0.2) is 78.9 Å². The highest BCUT2D eigenvalue weighted by Crippen LogP contribution is 2.68. The number of Topliss-reactive ketones (excluding diaryl/α,β-unsaturated/α-hetero) is 1. The molecule has 4 heterocycles. The summed E-state index contributed by atoms with van der Waals surface area (Å²) in [6.07, 6.45) is 1.54. The summed E-state index contributed by atoms with van der Waals surface area (Å²) in [5, 5.41) is 8.71. The first-order chi connectivity index (χ1) is 19.4. The molecule has 2 fully saturated rings. The van der Waals surface area contributed by atoms with Crippen LogP contribution in [0.25, 0.3) is 10.8 Å². The van der Waals surface area contributed by atoms with Crippen molar-refractivity contribution in [2.24, 2.45) is 5.92 Å². The van der Waals surface area contributed by atoms with E-state index in [0.717, 1.165) is 22.8 Å². The van der Waals surface area contributed by atoms with Crippen molar-refractivity contribution >= 4 is 51.3 Å². The Morgan fingerprint density at radius 1 is 0.900 bits per heavy atom. The number of hydrogen-bond donors (Lipinski definition) is 2. The first kappa shape index (κ1) is 23.9. The maximum Gasteiger partial charge on any atom is 0.251 e. The van der Waals surface area contributed by atoms with Gasteiger partial charge in [0.25, 0.3) is 5.91 Å². The highest BCUT2D eigenvalue weighted by Gasteiger charge is 2.81. The second-order valence-corrected chi connectivity index (χ2v) is 11.9. The fourth-order valence-corrected chi connectivity index (χ4v) is 8.61. The number of ketones is 1. The van der Waals surface area contributed by atoms with Gasteiger partial charge in [0.2, 0.25) is 5.91 Å². The van der Waals surface area contributed by atoms with Crippen molar-refractivity contribution in [3.63, 3.8) is 0 Å². The third-order valence-electron chi connectivity index (χ3n) is 9.68. The van der Waals surface area contributed by atoms with Crippen molar-refractivity contribution < 1.29 is 14.4 Å². The van der Waals surface area contributed by atoms with E-state index in [-0.39, 0.29) is 23.6 Å². The van der Waals surface area contributed by atoms with Gasteiger partial charge in [-0.15, -0.1) is 0 Å². The van der Waals surface area contributed by atoms with Gasteiger partial charge in [-0.05, 0) is 72.5 Å². The largest absolute Gasteiger partial charge is 0.325 e. The molecule has 4 aromatic rings. The molecule has 0 unspecified atom stereocenters. The van der Waals surface area contributed by atoms with Crippen LogP contribution in [0.3, 0.4) is 0 Å². The lowest BCUT2D eigenvalue weighted by atomic mass is 9.57. The van der Waals surface area contributed by atoms with Crippen LogP contribution in [-0.2, 0) is 20.5 Å². The number of halogens is 1. The lowest BCUT2D eigenvalue weighted by Crippen LogP contribution is -2.62. The number of hydrogen-bond acceptors (Lipinski definition) is 4. The molecule has 4 aromatic carbocycles. The zero-order valence-electron chi connectivity index (χ0n) is 21.8. The number of rotatable bonds is 2. The third kappa shape index (κ3) is 2.66. The number of aryl methyl sites for hydroxylation is 1. The van der Waals surface area contributed by atoms with Gasteiger partial charge in [-0.3, -0.25) is 19.3 Å². The molecule has 0 aromatic heterocycles. The van der Waals surface area contributed by atoms with Crippen molar-refractivity contribution in [1.29, 1.82) is 0 Å². The number of para-hydroxylation sites is 1. The van der Waals surface area contributed by atoms with E-state index >= 15 is 0 Å². The van der Waals surface area contributed by atoms with Crippen LogP contribution in [0.5, 0.6) is 0 Å². The van der Waals surface area contributed by atoms with E-state index in [9.17, 15) is 14.4 Å². The molecule has 2 N–H and O–H groups in total. The second kappa shape index (κ2) is 8.03. The zero-order valence-corrected chi connectivity index (χ0v) is 22.6. The zero-order chi connectivity index (χ0) is 27.4. The van der Waals surface area contributed by atoms with Crippen LogP contribution in [0.2, 0.25) is 5.02 Å². The van der Waals surface area contributed by atoms with E-state index in [1.165, 1.54) is 0 Å². The SMILES string of the molecule is Cc1cc(Cl)cc2c1NC(=O)[C@]21N2CCC[C@H]2[C@@H](C(=O)c2ccc3ccccc3c2)[C@]12C(=O)Nc1ccccc12. The van der Waals surface area contributed by atoms with Gasteiger partial charge in [-0.25, -0.2) is 0 Å². The minimum absolute atomic E-state index is 0.119. The Balaban J connectivity index is 1.46. The van der Waals surface area contributed by atoms with E-state index in [2.05, 4.69) is 15.5 Å². The summed E-state index contributed by atoms with van der Waals surface area (Å²) in [5.74, 6) is -1.49. The Labute approximate surface area is 236 Å². The summed E-state index contributed by atoms with van der Waals surface area (Å²) in [6.45, 7) is 2.51. The van der Waals surface area contributed by atoms with Gasteiger partial charge in [-0.2, -0.15) is 0 Å². The molecule has 6 nitrogen and oxygen atoms in total. The summed E-state index contributed by atoms with van der Waals surface area (Å²) in [4.78, 5) is 46.2. The molecule has 4 aliphatic rings. The average molecular weight is 548 g/mol. The number of carbonyl (C=O) groups is 3. The maximum atomic E-state index is 14.9. The second-order valence-electron chi connectivity index (χ2n) is 11.4. The van der Waals surface area contributed by atoms with Gasteiger partial charge < -0.3 is 10.6 Å². The Morgan fingerprint density at radius 3 is 2.52 bits per heavy atom. The third-order valence-corrected chi connectivity index (χ3v) is 9.90. The van der Waals surface area contributed by atoms with E-state index in [1.807, 2.05) is 85.8 Å². The molecule has 40 heavy (non-hydrogen) atoms. The van der Waals surface area contributed by atoms with E-state index in [4.69, 9.17) is 11.6 Å². The summed E-state index contributed by atoms with van der Waals surface area (Å²) in [6, 6.07) is 24.5. The van der Waals surface area contributed by atoms with Crippen LogP contribution in [0.1, 0.15) is 39.9 Å². The first-order valence-corrected chi connectivity index (χ1v) is 14.1. The Morgan fingerprint density at radius 2 is 1.68 bits per heavy atom. The summed E-state index contributed by atoms with van der Waals surface area (Å²) in [7, 11) is 0. The standard InChI is InChI=1S/C33H26ClN3O3/c1-18-15-22(34)17-24-28(18)36-31(40)33(24)32(23-9-4-5-10-25(23)35-30(32)39)27(26-11-6-14-37(26)33)29(38)21-13-12-19-7-2-3-8-20(19)16-21/h2-5,7-10,12-13,15-17,26-27H,6,11,14H2,1H3,(H,35,39)(H,36,40)/t26-,27-,32+,33+/m0/s1. The van der Waals surface area contributed by atoms with Gasteiger partial charge in [0.15, 0.2) is 5.78 Å². The van der Waals surface area contributed by atoms with Gasteiger partial charge in [0.05, 0.1) is 5.92 Å². The van der Waals surface area contributed by atoms with Gasteiger partial charge >= 0.3 is 0 Å². The van der Waals surface area contributed by atoms with E-state index in [0.29, 0.717) is 46.1 Å². The molecule has 0 aliphatic carbocycles. The quantitative estimate of drug-likeness (QED) is 0.310. The van der Waals surface area contributed by atoms with Gasteiger partial charge in [-0.1, -0.05) is 66.2 Å². The number of amides is 2. The molecule has 2 amide bonds. The molecule has 2 spiro atoms. The number of nitrogens with zero attached hydrogens (tertiary/aromatic N) is 1. The van der Waals surface area contributed by atoms with E-state index < -0.39 is 16.9 Å². The molecule has 4 aliphatic heterocycles. The number of anilines is 2. The molecule has 198 valence electrons. The highest BCUT2D eigenvalue weighted by molar-refractivity contribution is 6.31. The van der Waals surface area contributed by atoms with Crippen LogP contribution < -0.4 is 10.6 Å². The van der Waals surface area contributed by atoms with Crippen molar-refractivity contribution in [3.05, 3.63) is 106 Å². The Kier molecular flexibility index (Phi) is 4.79. The maximum absolute atomic E-state index is 14.9. The van der Waals surface area contributed by atoms with E-state index in [1.54, 1.807) is 0 Å². The molecule has 0 saturated carbocycles. The van der Waals surface area contributed by atoms with Crippen molar-refractivity contribution in [1.82, 2.24) is 4.90 Å². The normalized spacial score (nSPS) is 28.1. The average Bonchev–Trinajstić information content (AvgIpc) is 3.67. The topological polar surface area (TPSA) is 78.5 Å². The molecule has 7 heteroatoms. The lowest BCUT2D eigenvalue weighted by molar-refractivity contribution is -0.137. The minimum atomic E-state index is -1.48. The molecular weight excluding hydrogens is 522 g/mol. The van der Waals surface area contributed by atoms with Gasteiger partial charge in [0, 0.05) is 33.6 Å². The molecule has 0 radical (unpaired) electrons. The Bertz CT molecular complexity index is 1820. The Hall–Kier alpha value is -4.00. The molecule has 8 rings (SSSR count). The summed E-state index contributed by atoms with van der Waals surface area (Å²) < 4.78 is 0. The smallest absolute Gasteiger partial charge is 0.251 e. The monoisotopic (exact) mass is 547 g/mol. The predicted molar refractivity (Wildman–Crippen MR) is 155 cm³/mol. The number of nitrogens with one attached hydrogen (secondary N) is 2. The molecular formula is C33H26ClN3O3. The van der Waals surface area contributed by atoms with Crippen LogP contribution >= 0.6 is 11.6 Å². The van der Waals surface area contributed by atoms with Crippen LogP contribution in [-0.4, -0.2) is 35.1 Å². The number of carbonyl (C=O) groups excluding carboxylic acids is 3. The first-order valence-electron chi connectivity index (χ1n) is 13.7. The summed E-state index contributed by atoms with van der Waals surface area (Å²) in [5.41, 5.74) is 1.15. The minimum Gasteiger partial charge on any atom is -0.325 e. The number of fused-ring (bicyclic) bond motifs is 8. The molecule has 2 saturated heterocycles. The number of benzene rings is 4. The van der Waals surface area contributed by atoms with Crippen molar-refractivity contribution in [2.45, 2.75) is 36.8 Å². The fourth-order valence-electron chi connectivity index (χ4n) is 8.33. The molecule has 4 atom stereocenters.